The highest BCUT2D eigenvalue weighted by Gasteiger charge is 2.54. The van der Waals surface area contributed by atoms with Gasteiger partial charge in [0.05, 0.1) is 10.9 Å². The number of hydrogen-bond donors (Lipinski definition) is 1. The zero-order valence-electron chi connectivity index (χ0n) is 25.3. The number of fused-ring (bicyclic) bond motifs is 4. The van der Waals surface area contributed by atoms with Gasteiger partial charge in [0.1, 0.15) is 19.0 Å². The smallest absolute Gasteiger partial charge is 0.487 e. The van der Waals surface area contributed by atoms with E-state index >= 15 is 0 Å². The molecule has 4 aliphatic rings. The molecule has 2 aromatic carbocycles. The highest BCUT2D eigenvalue weighted by Crippen LogP contribution is 2.49. The maximum absolute atomic E-state index is 13.4. The number of nitrogens with zero attached hydrogens (tertiary/aromatic N) is 1. The Hall–Kier alpha value is -2.98. The first-order valence-electron chi connectivity index (χ1n) is 15.8. The van der Waals surface area contributed by atoms with E-state index in [0.29, 0.717) is 43.2 Å². The number of anilines is 1. The fourth-order valence-electron chi connectivity index (χ4n) is 7.28. The van der Waals surface area contributed by atoms with Crippen molar-refractivity contribution in [3.63, 3.8) is 0 Å². The molecule has 11 heteroatoms. The topological polar surface area (TPSA) is 111 Å². The molecule has 44 heavy (non-hydrogen) atoms. The number of carbonyl (C=O) groups excluding carboxylic acids is 2. The van der Waals surface area contributed by atoms with E-state index in [-0.39, 0.29) is 29.9 Å². The number of sulfonamides is 1. The molecule has 3 heterocycles. The van der Waals surface area contributed by atoms with Crippen molar-refractivity contribution in [2.45, 2.75) is 82.7 Å². The Morgan fingerprint density at radius 1 is 0.977 bits per heavy atom. The van der Waals surface area contributed by atoms with Crippen LogP contribution in [0.4, 0.5) is 10.5 Å². The maximum atomic E-state index is 13.4. The molecule has 3 aliphatic heterocycles. The second kappa shape index (κ2) is 12.4. The molecular formula is C33H41ClN2O7S. The summed E-state index contributed by atoms with van der Waals surface area (Å²) in [6.07, 6.45) is 5.90. The standard InChI is InChI=1S/C33H41ClN2O7S/c1-21-6-5-14-33(20-42-32(38)43-33)28-12-9-25(28)18-36-15-4-3-7-23-16-27(34)11-8-26(23)19-41-30-13-10-24(17-29(30)36)31(37)35-44(39,40)22(21)2/h8,10-11,13,16-17,21-22,25,28H,3-7,9,12,14-15,18-20H2,1-2H3,(H,35,37)/t21-,22+,25-,28+,33+/m0/s1. The number of ether oxygens (including phenoxy) is 3. The van der Waals surface area contributed by atoms with E-state index in [2.05, 4.69) is 9.62 Å². The molecule has 1 N–H and O–H groups in total. The molecule has 1 spiro atoms. The van der Waals surface area contributed by atoms with Gasteiger partial charge in [-0.25, -0.2) is 17.9 Å². The third-order valence-corrected chi connectivity index (χ3v) is 12.4. The van der Waals surface area contributed by atoms with Gasteiger partial charge < -0.3 is 19.1 Å². The first-order valence-corrected chi connectivity index (χ1v) is 17.7. The predicted molar refractivity (Wildman–Crippen MR) is 168 cm³/mol. The van der Waals surface area contributed by atoms with Crippen LogP contribution in [0, 0.1) is 17.8 Å². The molecule has 2 bridgehead atoms. The van der Waals surface area contributed by atoms with Crippen LogP contribution in [0.1, 0.15) is 80.3 Å². The van der Waals surface area contributed by atoms with Gasteiger partial charge in [0, 0.05) is 29.6 Å². The van der Waals surface area contributed by atoms with Crippen molar-refractivity contribution in [3.05, 3.63) is 58.1 Å². The SMILES string of the molecule is C[C@@H]1[C@@H](C)CCC[C@@]2(COC(=O)O2)[C@@H]2CC[C@H]2CN2CCCCc3cc(Cl)ccc3COc3ccc(cc32)C(=O)NS1(=O)=O. The van der Waals surface area contributed by atoms with Crippen molar-refractivity contribution in [1.82, 2.24) is 4.72 Å². The predicted octanol–water partition coefficient (Wildman–Crippen LogP) is 6.26. The normalized spacial score (nSPS) is 30.8. The van der Waals surface area contributed by atoms with E-state index in [0.717, 1.165) is 55.5 Å². The van der Waals surface area contributed by atoms with Crippen LogP contribution in [0.25, 0.3) is 0 Å². The summed E-state index contributed by atoms with van der Waals surface area (Å²) in [6.45, 7) is 5.48. The minimum Gasteiger partial charge on any atom is -0.487 e. The van der Waals surface area contributed by atoms with Gasteiger partial charge in [-0.15, -0.1) is 0 Å². The molecule has 5 atom stereocenters. The molecule has 238 valence electrons. The van der Waals surface area contributed by atoms with Gasteiger partial charge in [-0.05, 0) is 112 Å². The fourth-order valence-corrected chi connectivity index (χ4v) is 8.79. The summed E-state index contributed by atoms with van der Waals surface area (Å²) in [5.41, 5.74) is 2.51. The minimum atomic E-state index is -3.95. The van der Waals surface area contributed by atoms with Gasteiger partial charge >= 0.3 is 6.16 Å². The summed E-state index contributed by atoms with van der Waals surface area (Å²) >= 11 is 6.32. The van der Waals surface area contributed by atoms with Crippen molar-refractivity contribution in [1.29, 1.82) is 0 Å². The van der Waals surface area contributed by atoms with Crippen LogP contribution in [0.2, 0.25) is 5.02 Å². The van der Waals surface area contributed by atoms with E-state index in [1.807, 2.05) is 25.1 Å². The molecule has 0 radical (unpaired) electrons. The van der Waals surface area contributed by atoms with Gasteiger partial charge in [0.2, 0.25) is 10.0 Å². The van der Waals surface area contributed by atoms with E-state index < -0.39 is 32.9 Å². The zero-order valence-corrected chi connectivity index (χ0v) is 26.9. The average molecular weight is 645 g/mol. The van der Waals surface area contributed by atoms with Crippen molar-refractivity contribution < 1.29 is 32.2 Å². The van der Waals surface area contributed by atoms with E-state index in [1.165, 1.54) is 0 Å². The Labute approximate surface area is 264 Å². The minimum absolute atomic E-state index is 0.124. The van der Waals surface area contributed by atoms with Gasteiger partial charge in [0.25, 0.3) is 5.91 Å². The van der Waals surface area contributed by atoms with Gasteiger partial charge in [-0.3, -0.25) is 4.79 Å². The number of rotatable bonds is 0. The fraction of sp³-hybridized carbons (Fsp3) is 0.576. The molecular weight excluding hydrogens is 604 g/mol. The number of benzene rings is 2. The number of cyclic esters (lactones) is 1. The Bertz CT molecular complexity index is 1530. The highest BCUT2D eigenvalue weighted by atomic mass is 35.5. The molecule has 9 nitrogen and oxygen atoms in total. The molecule has 2 aromatic rings. The third kappa shape index (κ3) is 6.25. The number of carbonyl (C=O) groups is 2. The lowest BCUT2D eigenvalue weighted by Gasteiger charge is -2.48. The second-order valence-corrected chi connectivity index (χ2v) is 15.5. The van der Waals surface area contributed by atoms with Gasteiger partial charge in [0.15, 0.2) is 5.60 Å². The van der Waals surface area contributed by atoms with Crippen molar-refractivity contribution in [2.24, 2.45) is 17.8 Å². The van der Waals surface area contributed by atoms with Crippen LogP contribution < -0.4 is 14.4 Å². The average Bonchev–Trinajstić information content (AvgIpc) is 3.33. The first-order chi connectivity index (χ1) is 21.0. The molecule has 1 amide bonds. The Kier molecular flexibility index (Phi) is 8.76. The maximum Gasteiger partial charge on any atom is 0.509 e. The van der Waals surface area contributed by atoms with Gasteiger partial charge in [-0.1, -0.05) is 24.6 Å². The summed E-state index contributed by atoms with van der Waals surface area (Å²) < 4.78 is 46.7. The Morgan fingerprint density at radius 3 is 2.57 bits per heavy atom. The van der Waals surface area contributed by atoms with Crippen LogP contribution in [-0.4, -0.2) is 51.0 Å². The van der Waals surface area contributed by atoms with Crippen LogP contribution in [0.5, 0.6) is 5.75 Å². The number of halogens is 1. The van der Waals surface area contributed by atoms with E-state index in [1.54, 1.807) is 25.1 Å². The quantitative estimate of drug-likeness (QED) is 0.335. The molecule has 1 saturated heterocycles. The lowest BCUT2D eigenvalue weighted by atomic mass is 9.63. The number of aryl methyl sites for hydroxylation is 1. The molecule has 6 rings (SSSR count). The van der Waals surface area contributed by atoms with Crippen molar-refractivity contribution in [3.8, 4) is 5.75 Å². The van der Waals surface area contributed by atoms with Crippen molar-refractivity contribution in [2.75, 3.05) is 24.6 Å². The highest BCUT2D eigenvalue weighted by molar-refractivity contribution is 7.90. The summed E-state index contributed by atoms with van der Waals surface area (Å²) in [5, 5.41) is -0.0941. The van der Waals surface area contributed by atoms with Crippen LogP contribution in [-0.2, 0) is 32.5 Å². The van der Waals surface area contributed by atoms with Crippen molar-refractivity contribution >= 4 is 39.4 Å². The summed E-state index contributed by atoms with van der Waals surface area (Å²) in [7, 11) is -3.95. The molecule has 1 aliphatic carbocycles. The molecule has 0 unspecified atom stereocenters. The first kappa shape index (κ1) is 31.0. The Balaban J connectivity index is 1.40. The number of hydrogen-bond acceptors (Lipinski definition) is 8. The van der Waals surface area contributed by atoms with Crippen LogP contribution in [0.3, 0.4) is 0 Å². The van der Waals surface area contributed by atoms with Crippen LogP contribution in [0.15, 0.2) is 36.4 Å². The zero-order chi connectivity index (χ0) is 31.1. The molecule has 0 aromatic heterocycles. The molecule has 2 fully saturated rings. The lowest BCUT2D eigenvalue weighted by molar-refractivity contribution is -0.0663. The molecule has 1 saturated carbocycles. The number of nitrogens with one attached hydrogen (secondary N) is 1. The van der Waals surface area contributed by atoms with E-state index in [9.17, 15) is 18.0 Å². The number of amides is 1. The summed E-state index contributed by atoms with van der Waals surface area (Å²) in [6, 6.07) is 11.0. The lowest BCUT2D eigenvalue weighted by Crippen LogP contribution is -2.52. The second-order valence-electron chi connectivity index (χ2n) is 13.0. The summed E-state index contributed by atoms with van der Waals surface area (Å²) in [5.74, 6) is 0.133. The monoisotopic (exact) mass is 644 g/mol. The third-order valence-electron chi connectivity index (χ3n) is 10.3. The van der Waals surface area contributed by atoms with Crippen LogP contribution >= 0.6 is 11.6 Å². The van der Waals surface area contributed by atoms with Gasteiger partial charge in [-0.2, -0.15) is 0 Å². The van der Waals surface area contributed by atoms with E-state index in [4.69, 9.17) is 25.8 Å². The Morgan fingerprint density at radius 2 is 1.82 bits per heavy atom. The largest absolute Gasteiger partial charge is 0.509 e. The summed E-state index contributed by atoms with van der Waals surface area (Å²) in [4.78, 5) is 27.9.